The fourth-order valence-corrected chi connectivity index (χ4v) is 2.49. The zero-order valence-corrected chi connectivity index (χ0v) is 11.6. The lowest BCUT2D eigenvalue weighted by atomic mass is 10.1. The minimum atomic E-state index is -0.996. The largest absolute Gasteiger partial charge is 0.478 e. The van der Waals surface area contributed by atoms with Crippen molar-refractivity contribution >= 4 is 11.9 Å². The van der Waals surface area contributed by atoms with Gasteiger partial charge in [-0.2, -0.15) is 0 Å². The zero-order valence-electron chi connectivity index (χ0n) is 11.6. The van der Waals surface area contributed by atoms with Crippen LogP contribution in [0.4, 0.5) is 0 Å². The van der Waals surface area contributed by atoms with Crippen molar-refractivity contribution in [1.82, 2.24) is 0 Å². The smallest absolute Gasteiger partial charge is 0.327 e. The molecule has 0 bridgehead atoms. The number of aliphatic carboxylic acids is 1. The Balaban J connectivity index is 1.92. The summed E-state index contributed by atoms with van der Waals surface area (Å²) in [6.07, 6.45) is 2.67. The van der Waals surface area contributed by atoms with E-state index in [0.717, 1.165) is 11.6 Å². The quantitative estimate of drug-likeness (QED) is 0.662. The van der Waals surface area contributed by atoms with Crippen molar-refractivity contribution in [2.24, 2.45) is 17.3 Å². The molecule has 1 N–H and O–H groups in total. The molecule has 0 amide bonds. The van der Waals surface area contributed by atoms with E-state index < -0.39 is 5.97 Å². The number of rotatable bonds is 5. The molecule has 1 saturated carbocycles. The summed E-state index contributed by atoms with van der Waals surface area (Å²) in [6, 6.07) is 9.48. The van der Waals surface area contributed by atoms with Crippen LogP contribution in [0, 0.1) is 17.3 Å². The van der Waals surface area contributed by atoms with Crippen LogP contribution in [-0.4, -0.2) is 17.0 Å². The first-order chi connectivity index (χ1) is 9.43. The summed E-state index contributed by atoms with van der Waals surface area (Å²) in [5, 5.41) is 8.63. The second kappa shape index (κ2) is 5.49. The highest BCUT2D eigenvalue weighted by atomic mass is 16.5. The molecule has 4 heteroatoms. The van der Waals surface area contributed by atoms with Crippen molar-refractivity contribution in [2.45, 2.75) is 20.5 Å². The third-order valence-corrected chi connectivity index (χ3v) is 3.83. The molecule has 0 aromatic heterocycles. The molecule has 1 fully saturated rings. The van der Waals surface area contributed by atoms with Gasteiger partial charge in [-0.1, -0.05) is 50.3 Å². The molecule has 2 atom stereocenters. The number of carboxylic acids is 1. The van der Waals surface area contributed by atoms with Gasteiger partial charge in [-0.3, -0.25) is 4.79 Å². The summed E-state index contributed by atoms with van der Waals surface area (Å²) >= 11 is 0. The molecule has 1 aromatic carbocycles. The fourth-order valence-electron chi connectivity index (χ4n) is 2.49. The van der Waals surface area contributed by atoms with Crippen molar-refractivity contribution in [3.05, 3.63) is 48.0 Å². The minimum absolute atomic E-state index is 0.0677. The SMILES string of the molecule is CC1(C)[C@H](C(=O)OCc2ccccc2)[C@@H]1C=CC(=O)O. The van der Waals surface area contributed by atoms with E-state index in [1.54, 1.807) is 6.08 Å². The number of carbonyl (C=O) groups excluding carboxylic acids is 1. The van der Waals surface area contributed by atoms with Gasteiger partial charge in [0.2, 0.25) is 0 Å². The summed E-state index contributed by atoms with van der Waals surface area (Å²) in [7, 11) is 0. The Morgan fingerprint density at radius 2 is 1.95 bits per heavy atom. The molecule has 1 aliphatic rings. The van der Waals surface area contributed by atoms with Crippen LogP contribution < -0.4 is 0 Å². The summed E-state index contributed by atoms with van der Waals surface area (Å²) in [5.74, 6) is -1.59. The summed E-state index contributed by atoms with van der Waals surface area (Å²) in [6.45, 7) is 4.14. The zero-order chi connectivity index (χ0) is 14.8. The van der Waals surface area contributed by atoms with E-state index in [-0.39, 0.29) is 29.8 Å². The van der Waals surface area contributed by atoms with E-state index in [2.05, 4.69) is 0 Å². The Kier molecular flexibility index (Phi) is 3.93. The van der Waals surface area contributed by atoms with Gasteiger partial charge in [0.15, 0.2) is 0 Å². The van der Waals surface area contributed by atoms with Gasteiger partial charge in [0, 0.05) is 6.08 Å². The van der Waals surface area contributed by atoms with Crippen LogP contribution in [0.3, 0.4) is 0 Å². The Morgan fingerprint density at radius 3 is 2.55 bits per heavy atom. The predicted molar refractivity (Wildman–Crippen MR) is 73.8 cm³/mol. The first-order valence-electron chi connectivity index (χ1n) is 6.54. The van der Waals surface area contributed by atoms with Crippen LogP contribution in [0.25, 0.3) is 0 Å². The fraction of sp³-hybridized carbons (Fsp3) is 0.375. The molecule has 106 valence electrons. The molecule has 0 unspecified atom stereocenters. The van der Waals surface area contributed by atoms with Gasteiger partial charge >= 0.3 is 11.9 Å². The molecule has 4 nitrogen and oxygen atoms in total. The highest BCUT2D eigenvalue weighted by Gasteiger charge is 2.61. The minimum Gasteiger partial charge on any atom is -0.478 e. The molecule has 0 spiro atoms. The summed E-state index contributed by atoms with van der Waals surface area (Å²) in [4.78, 5) is 22.6. The maximum Gasteiger partial charge on any atom is 0.327 e. The number of carbonyl (C=O) groups is 2. The van der Waals surface area contributed by atoms with Gasteiger partial charge in [-0.05, 0) is 16.9 Å². The van der Waals surface area contributed by atoms with Gasteiger partial charge in [0.1, 0.15) is 6.61 Å². The second-order valence-corrected chi connectivity index (χ2v) is 5.62. The summed E-state index contributed by atoms with van der Waals surface area (Å²) in [5.41, 5.74) is 0.705. The number of carboxylic acid groups (broad SMARTS) is 1. The Hall–Kier alpha value is -2.10. The van der Waals surface area contributed by atoms with Crippen LogP contribution in [0.1, 0.15) is 19.4 Å². The first kappa shape index (κ1) is 14.3. The van der Waals surface area contributed by atoms with Gasteiger partial charge in [-0.15, -0.1) is 0 Å². The maximum atomic E-state index is 12.0. The molecule has 0 heterocycles. The van der Waals surface area contributed by atoms with Crippen molar-refractivity contribution in [3.8, 4) is 0 Å². The Labute approximate surface area is 118 Å². The number of ether oxygens (including phenoxy) is 1. The molecule has 1 aliphatic carbocycles. The normalized spacial score (nSPS) is 23.5. The lowest BCUT2D eigenvalue weighted by Gasteiger charge is -2.05. The van der Waals surface area contributed by atoms with Gasteiger partial charge in [0.05, 0.1) is 5.92 Å². The number of esters is 1. The number of allylic oxidation sites excluding steroid dienone is 1. The third-order valence-electron chi connectivity index (χ3n) is 3.83. The molecular weight excluding hydrogens is 256 g/mol. The van der Waals surface area contributed by atoms with Crippen molar-refractivity contribution in [3.63, 3.8) is 0 Å². The van der Waals surface area contributed by atoms with E-state index >= 15 is 0 Å². The predicted octanol–water partition coefficient (Wildman–Crippen LogP) is 2.64. The average Bonchev–Trinajstić information content (AvgIpc) is 2.96. The Bertz CT molecular complexity index is 531. The third kappa shape index (κ3) is 3.07. The standard InChI is InChI=1S/C16H18O4/c1-16(2)12(8-9-13(17)18)14(16)15(19)20-10-11-6-4-3-5-7-11/h3-9,12,14H,10H2,1-2H3,(H,17,18)/t12-,14-/m0/s1. The van der Waals surface area contributed by atoms with Gasteiger partial charge < -0.3 is 9.84 Å². The van der Waals surface area contributed by atoms with Gasteiger partial charge in [0.25, 0.3) is 0 Å². The Morgan fingerprint density at radius 1 is 1.30 bits per heavy atom. The number of hydrogen-bond acceptors (Lipinski definition) is 3. The molecule has 2 rings (SSSR count). The number of hydrogen-bond donors (Lipinski definition) is 1. The van der Waals surface area contributed by atoms with E-state index in [9.17, 15) is 9.59 Å². The lowest BCUT2D eigenvalue weighted by Crippen LogP contribution is -2.10. The lowest BCUT2D eigenvalue weighted by molar-refractivity contribution is -0.147. The molecule has 20 heavy (non-hydrogen) atoms. The van der Waals surface area contributed by atoms with Crippen molar-refractivity contribution in [1.29, 1.82) is 0 Å². The maximum absolute atomic E-state index is 12.0. The van der Waals surface area contributed by atoms with E-state index in [4.69, 9.17) is 9.84 Å². The van der Waals surface area contributed by atoms with E-state index in [1.807, 2.05) is 44.2 Å². The second-order valence-electron chi connectivity index (χ2n) is 5.62. The van der Waals surface area contributed by atoms with Crippen LogP contribution in [0.2, 0.25) is 0 Å². The molecule has 0 saturated heterocycles. The van der Waals surface area contributed by atoms with Crippen LogP contribution in [-0.2, 0) is 20.9 Å². The molecule has 1 aromatic rings. The first-order valence-corrected chi connectivity index (χ1v) is 6.54. The number of benzene rings is 1. The molecule has 0 radical (unpaired) electrons. The molecule has 0 aliphatic heterocycles. The average molecular weight is 274 g/mol. The van der Waals surface area contributed by atoms with Gasteiger partial charge in [-0.25, -0.2) is 4.79 Å². The van der Waals surface area contributed by atoms with Crippen LogP contribution in [0.15, 0.2) is 42.5 Å². The molecular formula is C16H18O4. The van der Waals surface area contributed by atoms with Crippen LogP contribution in [0.5, 0.6) is 0 Å². The topological polar surface area (TPSA) is 63.6 Å². The highest BCUT2D eigenvalue weighted by molar-refractivity contribution is 5.82. The van der Waals surface area contributed by atoms with E-state index in [1.165, 1.54) is 0 Å². The van der Waals surface area contributed by atoms with Crippen LogP contribution >= 0.6 is 0 Å². The highest BCUT2D eigenvalue weighted by Crippen LogP contribution is 2.59. The van der Waals surface area contributed by atoms with E-state index in [0.29, 0.717) is 0 Å². The van der Waals surface area contributed by atoms with Crippen molar-refractivity contribution < 1.29 is 19.4 Å². The summed E-state index contributed by atoms with van der Waals surface area (Å²) < 4.78 is 5.30. The monoisotopic (exact) mass is 274 g/mol. The van der Waals surface area contributed by atoms with Crippen molar-refractivity contribution in [2.75, 3.05) is 0 Å².